The number of nitrogens with zero attached hydrogens (tertiary/aromatic N) is 4. The van der Waals surface area contributed by atoms with Crippen molar-refractivity contribution in [1.82, 2.24) is 25.5 Å². The summed E-state index contributed by atoms with van der Waals surface area (Å²) in [4.78, 5) is 0. The van der Waals surface area contributed by atoms with E-state index in [4.69, 9.17) is 0 Å². The molecule has 0 unspecified atom stereocenters. The van der Waals surface area contributed by atoms with Crippen molar-refractivity contribution in [2.75, 3.05) is 0 Å². The van der Waals surface area contributed by atoms with E-state index in [1.165, 1.54) is 25.7 Å². The van der Waals surface area contributed by atoms with Crippen LogP contribution in [0.4, 0.5) is 0 Å². The van der Waals surface area contributed by atoms with E-state index < -0.39 is 0 Å². The van der Waals surface area contributed by atoms with Crippen molar-refractivity contribution < 1.29 is 0 Å². The molecule has 2 rings (SSSR count). The molecule has 16 heavy (non-hydrogen) atoms. The van der Waals surface area contributed by atoms with Crippen LogP contribution in [0.1, 0.15) is 58.3 Å². The molecule has 5 nitrogen and oxygen atoms in total. The number of rotatable bonds is 3. The Bertz CT molecular complexity index is 332. The maximum Gasteiger partial charge on any atom is 0.165 e. The first-order chi connectivity index (χ1) is 7.56. The van der Waals surface area contributed by atoms with Crippen LogP contribution in [0.3, 0.4) is 0 Å². The predicted octanol–water partition coefficient (Wildman–Crippen LogP) is 1.68. The molecule has 0 aromatic carbocycles. The van der Waals surface area contributed by atoms with E-state index >= 15 is 0 Å². The van der Waals surface area contributed by atoms with Crippen molar-refractivity contribution in [1.29, 1.82) is 0 Å². The number of hydrogen-bond donors (Lipinski definition) is 1. The van der Waals surface area contributed by atoms with Gasteiger partial charge in [-0.25, -0.2) is 4.68 Å². The SMILES string of the molecule is CC(C)(C)NCc1nnnn1C1CCCC1. The Balaban J connectivity index is 2.01. The molecular weight excluding hydrogens is 202 g/mol. The molecular formula is C11H21N5. The average molecular weight is 223 g/mol. The fourth-order valence-electron chi connectivity index (χ4n) is 2.11. The van der Waals surface area contributed by atoms with Gasteiger partial charge in [0.05, 0.1) is 12.6 Å². The van der Waals surface area contributed by atoms with E-state index in [1.54, 1.807) is 0 Å². The summed E-state index contributed by atoms with van der Waals surface area (Å²) < 4.78 is 2.01. The molecule has 1 fully saturated rings. The molecule has 5 heteroatoms. The average Bonchev–Trinajstić information content (AvgIpc) is 2.84. The molecule has 1 saturated carbocycles. The minimum absolute atomic E-state index is 0.104. The van der Waals surface area contributed by atoms with Crippen LogP contribution in [0.5, 0.6) is 0 Å². The molecule has 0 saturated heterocycles. The summed E-state index contributed by atoms with van der Waals surface area (Å²) in [6.07, 6.45) is 5.04. The second-order valence-corrected chi connectivity index (χ2v) is 5.58. The molecule has 1 aliphatic rings. The van der Waals surface area contributed by atoms with Crippen molar-refractivity contribution in [2.45, 2.75) is 64.6 Å². The first-order valence-corrected chi connectivity index (χ1v) is 6.08. The summed E-state index contributed by atoms with van der Waals surface area (Å²) >= 11 is 0. The molecule has 1 aliphatic carbocycles. The van der Waals surface area contributed by atoms with Crippen molar-refractivity contribution in [3.63, 3.8) is 0 Å². The van der Waals surface area contributed by atoms with Gasteiger partial charge < -0.3 is 5.32 Å². The second-order valence-electron chi connectivity index (χ2n) is 5.58. The predicted molar refractivity (Wildman–Crippen MR) is 61.9 cm³/mol. The molecule has 0 spiro atoms. The fourth-order valence-corrected chi connectivity index (χ4v) is 2.11. The van der Waals surface area contributed by atoms with Crippen LogP contribution in [-0.4, -0.2) is 25.7 Å². The quantitative estimate of drug-likeness (QED) is 0.847. The lowest BCUT2D eigenvalue weighted by atomic mass is 10.1. The molecule has 0 bridgehead atoms. The summed E-state index contributed by atoms with van der Waals surface area (Å²) in [7, 11) is 0. The minimum Gasteiger partial charge on any atom is -0.305 e. The third kappa shape index (κ3) is 2.78. The van der Waals surface area contributed by atoms with Crippen molar-refractivity contribution in [3.05, 3.63) is 5.82 Å². The smallest absolute Gasteiger partial charge is 0.165 e. The Morgan fingerprint density at radius 2 is 2.00 bits per heavy atom. The van der Waals surface area contributed by atoms with E-state index in [0.29, 0.717) is 6.04 Å². The van der Waals surface area contributed by atoms with Crippen molar-refractivity contribution in [2.24, 2.45) is 0 Å². The van der Waals surface area contributed by atoms with Crippen LogP contribution in [0.15, 0.2) is 0 Å². The molecule has 1 heterocycles. The van der Waals surface area contributed by atoms with Gasteiger partial charge in [-0.15, -0.1) is 5.10 Å². The van der Waals surface area contributed by atoms with Crippen LogP contribution < -0.4 is 5.32 Å². The lowest BCUT2D eigenvalue weighted by Crippen LogP contribution is -2.36. The van der Waals surface area contributed by atoms with E-state index in [1.807, 2.05) is 4.68 Å². The van der Waals surface area contributed by atoms with Gasteiger partial charge in [0.15, 0.2) is 5.82 Å². The maximum absolute atomic E-state index is 4.11. The summed E-state index contributed by atoms with van der Waals surface area (Å²) in [5.41, 5.74) is 0.104. The molecule has 1 aromatic heterocycles. The van der Waals surface area contributed by atoms with E-state index in [2.05, 4.69) is 41.6 Å². The van der Waals surface area contributed by atoms with Gasteiger partial charge in [-0.05, 0) is 44.0 Å². The van der Waals surface area contributed by atoms with Gasteiger partial charge in [-0.1, -0.05) is 12.8 Å². The molecule has 90 valence electrons. The van der Waals surface area contributed by atoms with E-state index in [9.17, 15) is 0 Å². The van der Waals surface area contributed by atoms with Gasteiger partial charge >= 0.3 is 0 Å². The van der Waals surface area contributed by atoms with Gasteiger partial charge in [-0.2, -0.15) is 0 Å². The summed E-state index contributed by atoms with van der Waals surface area (Å²) in [6, 6.07) is 0.520. The summed E-state index contributed by atoms with van der Waals surface area (Å²) in [5.74, 6) is 0.960. The lowest BCUT2D eigenvalue weighted by Gasteiger charge is -2.20. The largest absolute Gasteiger partial charge is 0.305 e. The zero-order valence-electron chi connectivity index (χ0n) is 10.4. The third-order valence-electron chi connectivity index (χ3n) is 3.01. The zero-order valence-corrected chi connectivity index (χ0v) is 10.4. The minimum atomic E-state index is 0.104. The number of aromatic nitrogens is 4. The van der Waals surface area contributed by atoms with Crippen molar-refractivity contribution >= 4 is 0 Å². The van der Waals surface area contributed by atoms with Gasteiger partial charge in [0.1, 0.15) is 0 Å². The first-order valence-electron chi connectivity index (χ1n) is 6.08. The Labute approximate surface area is 96.6 Å². The summed E-state index contributed by atoms with van der Waals surface area (Å²) in [6.45, 7) is 7.19. The first kappa shape index (κ1) is 11.5. The molecule has 0 radical (unpaired) electrons. The van der Waals surface area contributed by atoms with Gasteiger partial charge in [0.25, 0.3) is 0 Å². The van der Waals surface area contributed by atoms with E-state index in [0.717, 1.165) is 12.4 Å². The number of tetrazole rings is 1. The van der Waals surface area contributed by atoms with Crippen molar-refractivity contribution in [3.8, 4) is 0 Å². The highest BCUT2D eigenvalue weighted by molar-refractivity contribution is 4.87. The van der Waals surface area contributed by atoms with Gasteiger partial charge in [-0.3, -0.25) is 0 Å². The highest BCUT2D eigenvalue weighted by Crippen LogP contribution is 2.29. The number of hydrogen-bond acceptors (Lipinski definition) is 4. The highest BCUT2D eigenvalue weighted by Gasteiger charge is 2.21. The molecule has 0 atom stereocenters. The van der Waals surface area contributed by atoms with E-state index in [-0.39, 0.29) is 5.54 Å². The van der Waals surface area contributed by atoms with Gasteiger partial charge in [0, 0.05) is 5.54 Å². The Kier molecular flexibility index (Phi) is 3.23. The summed E-state index contributed by atoms with van der Waals surface area (Å²) in [5, 5.41) is 15.4. The van der Waals surface area contributed by atoms with Crippen LogP contribution in [0, 0.1) is 0 Å². The second kappa shape index (κ2) is 4.49. The normalized spacial score (nSPS) is 18.2. The topological polar surface area (TPSA) is 55.6 Å². The fraction of sp³-hybridized carbons (Fsp3) is 0.909. The Morgan fingerprint density at radius 1 is 1.31 bits per heavy atom. The maximum atomic E-state index is 4.11. The molecule has 1 N–H and O–H groups in total. The van der Waals surface area contributed by atoms with Gasteiger partial charge in [0.2, 0.25) is 0 Å². The monoisotopic (exact) mass is 223 g/mol. The molecule has 1 aromatic rings. The standard InChI is InChI=1S/C11H21N5/c1-11(2,3)12-8-10-13-14-15-16(10)9-6-4-5-7-9/h9,12H,4-8H2,1-3H3. The lowest BCUT2D eigenvalue weighted by molar-refractivity contribution is 0.387. The van der Waals surface area contributed by atoms with Crippen LogP contribution in [-0.2, 0) is 6.54 Å². The van der Waals surface area contributed by atoms with Crippen LogP contribution in [0.25, 0.3) is 0 Å². The van der Waals surface area contributed by atoms with Crippen LogP contribution in [0.2, 0.25) is 0 Å². The number of nitrogens with one attached hydrogen (secondary N) is 1. The Morgan fingerprint density at radius 3 is 2.62 bits per heavy atom. The highest BCUT2D eigenvalue weighted by atomic mass is 15.6. The molecule has 0 amide bonds. The van der Waals surface area contributed by atoms with Crippen LogP contribution >= 0.6 is 0 Å². The zero-order chi connectivity index (χ0) is 11.6. The molecule has 0 aliphatic heterocycles. The third-order valence-corrected chi connectivity index (χ3v) is 3.01. The Hall–Kier alpha value is -0.970.